The van der Waals surface area contributed by atoms with E-state index in [0.717, 1.165) is 18.6 Å². The van der Waals surface area contributed by atoms with E-state index in [0.29, 0.717) is 24.9 Å². The highest BCUT2D eigenvalue weighted by Crippen LogP contribution is 2.32. The van der Waals surface area contributed by atoms with E-state index in [1.54, 1.807) is 4.90 Å². The van der Waals surface area contributed by atoms with Gasteiger partial charge in [-0.2, -0.15) is 0 Å². The quantitative estimate of drug-likeness (QED) is 0.611. The minimum atomic E-state index is -0.868. The summed E-state index contributed by atoms with van der Waals surface area (Å²) in [7, 11) is 0. The zero-order chi connectivity index (χ0) is 14.2. The molecule has 1 saturated heterocycles. The molecule has 2 rings (SSSR count). The van der Waals surface area contributed by atoms with E-state index in [1.165, 1.54) is 0 Å². The van der Waals surface area contributed by atoms with Crippen LogP contribution in [0.4, 0.5) is 20.2 Å². The zero-order valence-electron chi connectivity index (χ0n) is 10.9. The van der Waals surface area contributed by atoms with E-state index in [1.807, 2.05) is 13.8 Å². The number of rotatable bonds is 2. The van der Waals surface area contributed by atoms with Crippen LogP contribution in [0.2, 0.25) is 0 Å². The first-order chi connectivity index (χ1) is 8.88. The van der Waals surface area contributed by atoms with Crippen LogP contribution in [-0.4, -0.2) is 18.0 Å². The highest BCUT2D eigenvalue weighted by molar-refractivity contribution is 5.54. The fourth-order valence-corrected chi connectivity index (χ4v) is 2.81. The molecule has 1 aromatic carbocycles. The fourth-order valence-electron chi connectivity index (χ4n) is 2.81. The number of piperidine rings is 1. The SMILES string of the molecule is C[C@@H]1C[C@@H](C)CN(c2c(F)cc([N+](=O)[O-])cc2F)C1. The lowest BCUT2D eigenvalue weighted by molar-refractivity contribution is -0.385. The van der Waals surface area contributed by atoms with Crippen LogP contribution >= 0.6 is 0 Å². The van der Waals surface area contributed by atoms with E-state index < -0.39 is 22.2 Å². The maximum Gasteiger partial charge on any atom is 0.275 e. The number of hydrogen-bond acceptors (Lipinski definition) is 3. The lowest BCUT2D eigenvalue weighted by Gasteiger charge is -2.36. The molecular weight excluding hydrogens is 254 g/mol. The lowest BCUT2D eigenvalue weighted by atomic mass is 9.91. The molecule has 0 aromatic heterocycles. The molecule has 1 heterocycles. The van der Waals surface area contributed by atoms with Gasteiger partial charge in [-0.3, -0.25) is 10.1 Å². The van der Waals surface area contributed by atoms with Gasteiger partial charge in [0.05, 0.1) is 17.1 Å². The van der Waals surface area contributed by atoms with E-state index in [4.69, 9.17) is 0 Å². The number of nitro groups is 1. The number of non-ortho nitro benzene ring substituents is 1. The minimum absolute atomic E-state index is 0.149. The highest BCUT2D eigenvalue weighted by atomic mass is 19.1. The Morgan fingerprint density at radius 3 is 2.11 bits per heavy atom. The van der Waals surface area contributed by atoms with Crippen molar-refractivity contribution in [1.82, 2.24) is 0 Å². The van der Waals surface area contributed by atoms with Crippen molar-refractivity contribution >= 4 is 11.4 Å². The summed E-state index contributed by atoms with van der Waals surface area (Å²) in [5, 5.41) is 10.6. The van der Waals surface area contributed by atoms with Gasteiger partial charge in [0.1, 0.15) is 5.69 Å². The average Bonchev–Trinajstić information content (AvgIpc) is 2.26. The maximum atomic E-state index is 13.9. The molecule has 1 aliphatic rings. The van der Waals surface area contributed by atoms with Crippen molar-refractivity contribution in [3.05, 3.63) is 33.9 Å². The van der Waals surface area contributed by atoms with E-state index in [-0.39, 0.29) is 5.69 Å². The van der Waals surface area contributed by atoms with Crippen LogP contribution < -0.4 is 4.90 Å². The standard InChI is InChI=1S/C13H16F2N2O2/c1-8-3-9(2)7-16(6-8)13-11(14)4-10(17(18)19)5-12(13)15/h4-5,8-9H,3,6-7H2,1-2H3/t8-,9-/m1/s1. The summed E-state index contributed by atoms with van der Waals surface area (Å²) in [6, 6.07) is 1.56. The largest absolute Gasteiger partial charge is 0.366 e. The maximum absolute atomic E-state index is 13.9. The Balaban J connectivity index is 2.37. The normalized spacial score (nSPS) is 23.5. The second-order valence-electron chi connectivity index (χ2n) is 5.37. The molecule has 0 bridgehead atoms. The van der Waals surface area contributed by atoms with Gasteiger partial charge in [0, 0.05) is 13.1 Å². The van der Waals surface area contributed by atoms with Gasteiger partial charge in [-0.05, 0) is 18.3 Å². The van der Waals surface area contributed by atoms with Crippen molar-refractivity contribution in [2.24, 2.45) is 11.8 Å². The number of benzene rings is 1. The Morgan fingerprint density at radius 2 is 1.68 bits per heavy atom. The first-order valence-electron chi connectivity index (χ1n) is 6.27. The molecule has 2 atom stereocenters. The number of nitro benzene ring substituents is 1. The number of hydrogen-bond donors (Lipinski definition) is 0. The number of nitrogens with zero attached hydrogens (tertiary/aromatic N) is 2. The van der Waals surface area contributed by atoms with Gasteiger partial charge in [-0.15, -0.1) is 0 Å². The lowest BCUT2D eigenvalue weighted by Crippen LogP contribution is -2.39. The van der Waals surface area contributed by atoms with Gasteiger partial charge >= 0.3 is 0 Å². The average molecular weight is 270 g/mol. The van der Waals surface area contributed by atoms with Crippen molar-refractivity contribution in [2.75, 3.05) is 18.0 Å². The summed E-state index contributed by atoms with van der Waals surface area (Å²) in [6.45, 7) is 5.19. The smallest absolute Gasteiger partial charge is 0.275 e. The Bertz CT molecular complexity index is 474. The summed E-state index contributed by atoms with van der Waals surface area (Å²) in [5.41, 5.74) is -0.708. The summed E-state index contributed by atoms with van der Waals surface area (Å²) < 4.78 is 27.8. The summed E-state index contributed by atoms with van der Waals surface area (Å²) >= 11 is 0. The summed E-state index contributed by atoms with van der Waals surface area (Å²) in [5.74, 6) is -1.04. The van der Waals surface area contributed by atoms with Gasteiger partial charge in [-0.1, -0.05) is 13.8 Å². The van der Waals surface area contributed by atoms with Crippen molar-refractivity contribution < 1.29 is 13.7 Å². The second kappa shape index (κ2) is 5.11. The van der Waals surface area contributed by atoms with Crippen LogP contribution in [0.25, 0.3) is 0 Å². The van der Waals surface area contributed by atoms with Crippen LogP contribution in [0.5, 0.6) is 0 Å². The molecule has 6 heteroatoms. The molecule has 0 amide bonds. The molecule has 1 aromatic rings. The Kier molecular flexibility index (Phi) is 3.68. The molecule has 1 fully saturated rings. The van der Waals surface area contributed by atoms with Crippen molar-refractivity contribution in [2.45, 2.75) is 20.3 Å². The van der Waals surface area contributed by atoms with Crippen LogP contribution in [0.15, 0.2) is 12.1 Å². The third kappa shape index (κ3) is 2.83. The molecule has 0 aliphatic carbocycles. The van der Waals surface area contributed by atoms with Gasteiger partial charge in [-0.25, -0.2) is 8.78 Å². The molecule has 0 N–H and O–H groups in total. The first kappa shape index (κ1) is 13.7. The van der Waals surface area contributed by atoms with E-state index in [2.05, 4.69) is 0 Å². The predicted octanol–water partition coefficient (Wildman–Crippen LogP) is 3.36. The topological polar surface area (TPSA) is 46.4 Å². The van der Waals surface area contributed by atoms with Crippen molar-refractivity contribution in [3.8, 4) is 0 Å². The monoisotopic (exact) mass is 270 g/mol. The van der Waals surface area contributed by atoms with Crippen LogP contribution in [0, 0.1) is 33.6 Å². The molecule has 0 unspecified atom stereocenters. The predicted molar refractivity (Wildman–Crippen MR) is 68.2 cm³/mol. The van der Waals surface area contributed by atoms with Crippen molar-refractivity contribution in [3.63, 3.8) is 0 Å². The van der Waals surface area contributed by atoms with E-state index in [9.17, 15) is 18.9 Å². The van der Waals surface area contributed by atoms with Crippen LogP contribution in [0.1, 0.15) is 20.3 Å². The second-order valence-corrected chi connectivity index (χ2v) is 5.37. The molecule has 0 radical (unpaired) electrons. The summed E-state index contributed by atoms with van der Waals surface area (Å²) in [6.07, 6.45) is 1.02. The fraction of sp³-hybridized carbons (Fsp3) is 0.538. The Hall–Kier alpha value is -1.72. The van der Waals surface area contributed by atoms with Crippen molar-refractivity contribution in [1.29, 1.82) is 0 Å². The molecule has 19 heavy (non-hydrogen) atoms. The summed E-state index contributed by atoms with van der Waals surface area (Å²) in [4.78, 5) is 11.4. The number of anilines is 1. The zero-order valence-corrected chi connectivity index (χ0v) is 10.9. The Labute approximate surface area is 110 Å². The van der Waals surface area contributed by atoms with Gasteiger partial charge < -0.3 is 4.90 Å². The van der Waals surface area contributed by atoms with Crippen LogP contribution in [-0.2, 0) is 0 Å². The third-order valence-electron chi connectivity index (χ3n) is 3.40. The van der Waals surface area contributed by atoms with Crippen LogP contribution in [0.3, 0.4) is 0 Å². The van der Waals surface area contributed by atoms with Gasteiger partial charge in [0.25, 0.3) is 5.69 Å². The molecule has 1 aliphatic heterocycles. The van der Waals surface area contributed by atoms with E-state index >= 15 is 0 Å². The minimum Gasteiger partial charge on any atom is -0.366 e. The molecular formula is C13H16F2N2O2. The number of halogens is 2. The first-order valence-corrected chi connectivity index (χ1v) is 6.27. The Morgan fingerprint density at radius 1 is 1.21 bits per heavy atom. The third-order valence-corrected chi connectivity index (χ3v) is 3.40. The molecule has 104 valence electrons. The molecule has 4 nitrogen and oxygen atoms in total. The van der Waals surface area contributed by atoms with Gasteiger partial charge in [0.15, 0.2) is 11.6 Å². The molecule has 0 spiro atoms. The highest BCUT2D eigenvalue weighted by Gasteiger charge is 2.27. The van der Waals surface area contributed by atoms with Gasteiger partial charge in [0.2, 0.25) is 0 Å². The molecule has 0 saturated carbocycles.